The van der Waals surface area contributed by atoms with Gasteiger partial charge in [0.1, 0.15) is 0 Å². The Morgan fingerprint density at radius 3 is 0.770 bits per heavy atom. The lowest BCUT2D eigenvalue weighted by Gasteiger charge is -2.45. The van der Waals surface area contributed by atoms with E-state index in [2.05, 4.69) is 462 Å². The summed E-state index contributed by atoms with van der Waals surface area (Å²) in [6, 6.07) is 117. The molecule has 4 nitrogen and oxygen atoms in total. The Balaban J connectivity index is 0.913. The topological polar surface area (TPSA) is 16.3 Å². The molecule has 0 radical (unpaired) electrons. The molecule has 0 saturated heterocycles. The van der Waals surface area contributed by atoms with Crippen LogP contribution in [-0.4, -0.2) is 22.6 Å². The minimum Gasteiger partial charge on any atom is -0.310 e. The van der Waals surface area contributed by atoms with Gasteiger partial charge in [-0.15, -0.1) is 0 Å². The molecule has 622 valence electrons. The number of benzene rings is 15. The molecule has 0 unspecified atom stereocenters. The number of aromatic nitrogens is 2. The number of anilines is 6. The molecule has 0 saturated carbocycles. The Bertz CT molecular complexity index is 6680. The molecule has 2 aromatic heterocycles. The van der Waals surface area contributed by atoms with Crippen LogP contribution in [0.15, 0.2) is 317 Å². The Morgan fingerprint density at radius 1 is 0.230 bits per heavy atom. The van der Waals surface area contributed by atoms with Gasteiger partial charge < -0.3 is 18.9 Å². The van der Waals surface area contributed by atoms with Crippen LogP contribution in [0.1, 0.15) is 184 Å². The highest BCUT2D eigenvalue weighted by atomic mass is 32.2. The maximum absolute atomic E-state index is 2.79. The highest BCUT2D eigenvalue weighted by molar-refractivity contribution is 8.01. The summed E-state index contributed by atoms with van der Waals surface area (Å²) in [4.78, 5) is 10.8. The number of fused-ring (bicyclic) bond motifs is 14. The van der Waals surface area contributed by atoms with E-state index in [0.717, 1.165) is 22.7 Å². The standard InChI is InChI=1S/C118H112B2N4S2/c1-112(2,3)75-48-54-87-88-55-49-76(113(4,5)6)61-96(88)121(95(87)60-75)81-66-101-106-103(68-81)125-110-93(119(106)91-58-52-79(116(13,14)15)64-99(91)123(101)108-83(71-36-26-22-27-37-71)44-34-45-84(108)72-38-28-23-29-39-72)70-94-111(105(110)118(19,20)21)126-104-69-82(122-97-62-77(114(7,8)9)50-56-89(97)90-57-51-78(63-98(90)122)115(10,11)12)67-102-107(104)120(94)92-59-53-80(117(16,17)18)65-100(92)124(102)109-85(73-40-30-24-31-41-73)46-35-47-86(109)74-42-32-25-33-43-74/h22-70H,1-21H3. The van der Waals surface area contributed by atoms with Crippen LogP contribution in [0.5, 0.6) is 0 Å². The van der Waals surface area contributed by atoms with E-state index in [9.17, 15) is 0 Å². The third-order valence-electron chi connectivity index (χ3n) is 27.6. The average Bonchev–Trinajstić information content (AvgIpc) is 0.693. The third-order valence-corrected chi connectivity index (χ3v) is 30.0. The Morgan fingerprint density at radius 2 is 0.500 bits per heavy atom. The molecule has 21 rings (SSSR count). The van der Waals surface area contributed by atoms with Crippen LogP contribution in [-0.2, 0) is 37.9 Å². The molecule has 6 heterocycles. The van der Waals surface area contributed by atoms with Crippen molar-refractivity contribution >= 4 is 147 Å². The summed E-state index contributed by atoms with van der Waals surface area (Å²) in [7, 11) is 0. The molecule has 0 amide bonds. The Kier molecular flexibility index (Phi) is 18.7. The summed E-state index contributed by atoms with van der Waals surface area (Å²) >= 11 is 4.06. The lowest BCUT2D eigenvalue weighted by molar-refractivity contribution is 0.567. The molecule has 0 N–H and O–H groups in total. The quantitative estimate of drug-likeness (QED) is 0.141. The van der Waals surface area contributed by atoms with Gasteiger partial charge in [-0.25, -0.2) is 0 Å². The van der Waals surface area contributed by atoms with E-state index in [1.165, 1.54) is 202 Å². The lowest BCUT2D eigenvalue weighted by atomic mass is 9.31. The van der Waals surface area contributed by atoms with Gasteiger partial charge in [0.2, 0.25) is 13.4 Å². The van der Waals surface area contributed by atoms with E-state index in [4.69, 9.17) is 0 Å². The van der Waals surface area contributed by atoms with Gasteiger partial charge in [-0.1, -0.05) is 416 Å². The minimum atomic E-state index is -0.387. The summed E-state index contributed by atoms with van der Waals surface area (Å²) in [5, 5.41) is 5.02. The zero-order chi connectivity index (χ0) is 87.7. The van der Waals surface area contributed by atoms with Crippen molar-refractivity contribution in [3.8, 4) is 55.9 Å². The van der Waals surface area contributed by atoms with Gasteiger partial charge in [0.25, 0.3) is 0 Å². The molecule has 0 aliphatic carbocycles. The minimum absolute atomic E-state index is 0.115. The van der Waals surface area contributed by atoms with Gasteiger partial charge in [-0.2, -0.15) is 0 Å². The van der Waals surface area contributed by atoms with Crippen molar-refractivity contribution in [3.63, 3.8) is 0 Å². The van der Waals surface area contributed by atoms with Gasteiger partial charge >= 0.3 is 0 Å². The lowest BCUT2D eigenvalue weighted by Crippen LogP contribution is -2.64. The zero-order valence-corrected chi connectivity index (χ0v) is 78.7. The summed E-state index contributed by atoms with van der Waals surface area (Å²) < 4.78 is 5.33. The predicted octanol–water partition coefficient (Wildman–Crippen LogP) is 29.2. The van der Waals surface area contributed by atoms with Gasteiger partial charge in [-0.3, -0.25) is 0 Å². The molecule has 0 spiro atoms. The van der Waals surface area contributed by atoms with E-state index in [0.29, 0.717) is 0 Å². The highest BCUT2D eigenvalue weighted by Gasteiger charge is 2.50. The fraction of sp³-hybridized carbons (Fsp3) is 0.237. The Hall–Kier alpha value is -11.7. The van der Waals surface area contributed by atoms with Crippen molar-refractivity contribution < 1.29 is 0 Å². The van der Waals surface area contributed by atoms with Crippen LogP contribution in [0.3, 0.4) is 0 Å². The van der Waals surface area contributed by atoms with Crippen LogP contribution in [0.4, 0.5) is 34.1 Å². The van der Waals surface area contributed by atoms with Crippen LogP contribution in [0, 0.1) is 0 Å². The number of para-hydroxylation sites is 2. The van der Waals surface area contributed by atoms with Crippen molar-refractivity contribution in [1.82, 2.24) is 9.13 Å². The predicted molar refractivity (Wildman–Crippen MR) is 548 cm³/mol. The second-order valence-electron chi connectivity index (χ2n) is 43.3. The maximum Gasteiger partial charge on any atom is 0.249 e. The average molecular weight is 1670 g/mol. The maximum atomic E-state index is 2.79. The first-order valence-corrected chi connectivity index (χ1v) is 47.1. The fourth-order valence-electron chi connectivity index (χ4n) is 20.8. The number of hydrogen-bond acceptors (Lipinski definition) is 4. The van der Waals surface area contributed by atoms with Crippen molar-refractivity contribution in [2.75, 3.05) is 9.80 Å². The number of hydrogen-bond donors (Lipinski definition) is 0. The van der Waals surface area contributed by atoms with Crippen LogP contribution in [0.2, 0.25) is 0 Å². The molecular formula is C118H112B2N4S2. The molecule has 4 aliphatic heterocycles. The molecule has 126 heavy (non-hydrogen) atoms. The van der Waals surface area contributed by atoms with Crippen molar-refractivity contribution in [3.05, 3.63) is 336 Å². The SMILES string of the molecule is CC(C)(C)c1ccc2c(c1)N(c1c(-c3ccccc3)cccc1-c1ccccc1)c1cc(-n3c4cc(C(C)(C)C)ccc4c4ccc(C(C)(C)C)cc43)cc3c1B2c1cc2c(c(C(C)(C)C)c1S3)Sc1cc(-n3c4cc(C(C)(C)C)ccc4c4ccc(C(C)(C)C)cc43)cc3c1B2c1ccc(C(C)(C)C)cc1N3c1c(-c2ccccc2)cccc1-c1ccccc1. The van der Waals surface area contributed by atoms with E-state index >= 15 is 0 Å². The van der Waals surface area contributed by atoms with E-state index in [-0.39, 0.29) is 51.3 Å². The summed E-state index contributed by atoms with van der Waals surface area (Å²) in [6.07, 6.45) is 0. The monoisotopic (exact) mass is 1670 g/mol. The first-order chi connectivity index (χ1) is 59.9. The van der Waals surface area contributed by atoms with Gasteiger partial charge in [0.15, 0.2) is 0 Å². The first kappa shape index (κ1) is 81.4. The Labute approximate surface area is 755 Å². The molecular weight excluding hydrogens is 1560 g/mol. The van der Waals surface area contributed by atoms with Gasteiger partial charge in [-0.05, 0) is 182 Å². The molecule has 4 aliphatic rings. The molecule has 0 bridgehead atoms. The smallest absolute Gasteiger partial charge is 0.249 e. The number of nitrogens with zero attached hydrogens (tertiary/aromatic N) is 4. The zero-order valence-electron chi connectivity index (χ0n) is 77.1. The summed E-state index contributed by atoms with van der Waals surface area (Å²) in [5.41, 5.74) is 39.6. The fourth-order valence-corrected chi connectivity index (χ4v) is 24.0. The van der Waals surface area contributed by atoms with Gasteiger partial charge in [0.05, 0.1) is 33.4 Å². The van der Waals surface area contributed by atoms with Crippen LogP contribution in [0.25, 0.3) is 99.5 Å². The molecule has 0 atom stereocenters. The second kappa shape index (κ2) is 28.9. The third kappa shape index (κ3) is 13.2. The van der Waals surface area contributed by atoms with Crippen molar-refractivity contribution in [1.29, 1.82) is 0 Å². The van der Waals surface area contributed by atoms with Crippen LogP contribution >= 0.6 is 23.5 Å². The van der Waals surface area contributed by atoms with Crippen molar-refractivity contribution in [2.45, 2.75) is 203 Å². The van der Waals surface area contributed by atoms with Crippen LogP contribution < -0.4 is 42.6 Å². The van der Waals surface area contributed by atoms with E-state index < -0.39 is 0 Å². The summed E-state index contributed by atoms with van der Waals surface area (Å²) in [6.45, 7) is 49.9. The molecule has 0 fully saturated rings. The normalized spacial score (nSPS) is 13.9. The molecule has 17 aromatic rings. The van der Waals surface area contributed by atoms with E-state index in [1.54, 1.807) is 0 Å². The summed E-state index contributed by atoms with van der Waals surface area (Å²) in [5.74, 6) is 0. The van der Waals surface area contributed by atoms with E-state index in [1.807, 2.05) is 23.5 Å². The van der Waals surface area contributed by atoms with Gasteiger partial charge in [0, 0.05) is 97.5 Å². The highest BCUT2D eigenvalue weighted by Crippen LogP contribution is 2.57. The molecule has 8 heteroatoms. The second-order valence-corrected chi connectivity index (χ2v) is 45.5. The van der Waals surface area contributed by atoms with Crippen molar-refractivity contribution in [2.24, 2.45) is 0 Å². The number of rotatable bonds is 8. The molecule has 15 aromatic carbocycles. The largest absolute Gasteiger partial charge is 0.310 e. The first-order valence-electron chi connectivity index (χ1n) is 45.4.